The van der Waals surface area contributed by atoms with Crippen molar-refractivity contribution in [3.05, 3.63) is 77.4 Å². The molecule has 0 aromatic heterocycles. The predicted octanol–water partition coefficient (Wildman–Crippen LogP) is 4.35. The molecule has 162 valence electrons. The van der Waals surface area contributed by atoms with E-state index in [4.69, 9.17) is 13.7 Å². The van der Waals surface area contributed by atoms with Crippen LogP contribution < -0.4 is 4.74 Å². The van der Waals surface area contributed by atoms with Crippen LogP contribution in [0.2, 0.25) is 0 Å². The van der Waals surface area contributed by atoms with E-state index in [-0.39, 0.29) is 18.5 Å². The molecule has 0 N–H and O–H groups in total. The number of ether oxygens (including phenoxy) is 2. The van der Waals surface area contributed by atoms with E-state index in [2.05, 4.69) is 0 Å². The van der Waals surface area contributed by atoms with Crippen molar-refractivity contribution in [2.24, 2.45) is 0 Å². The standard InChI is InChI=1S/C23H28O6S/c1-4-6-21(15-23(24)27-5-2)20-11-13-22(14-12-20)28-16-18-7-9-19(10-8-18)17-29-30(3,25)26/h4,6-14,21H,5,15-17H2,1-3H3/t21-/m1/s1. The topological polar surface area (TPSA) is 78.9 Å². The second-order valence-electron chi connectivity index (χ2n) is 6.78. The fourth-order valence-electron chi connectivity index (χ4n) is 2.81. The lowest BCUT2D eigenvalue weighted by molar-refractivity contribution is -0.143. The molecule has 0 aliphatic heterocycles. The number of esters is 1. The average Bonchev–Trinajstić information content (AvgIpc) is 2.71. The number of hydrogen-bond acceptors (Lipinski definition) is 6. The summed E-state index contributed by atoms with van der Waals surface area (Å²) in [4.78, 5) is 11.8. The molecule has 0 fully saturated rings. The van der Waals surface area contributed by atoms with Gasteiger partial charge in [0.25, 0.3) is 10.1 Å². The quantitative estimate of drug-likeness (QED) is 0.298. The molecule has 0 spiro atoms. The van der Waals surface area contributed by atoms with Gasteiger partial charge >= 0.3 is 5.97 Å². The Balaban J connectivity index is 1.92. The molecule has 1 atom stereocenters. The molecular formula is C23H28O6S. The van der Waals surface area contributed by atoms with Gasteiger partial charge in [0.1, 0.15) is 12.4 Å². The highest BCUT2D eigenvalue weighted by Crippen LogP contribution is 2.25. The minimum absolute atomic E-state index is 0.0145. The van der Waals surface area contributed by atoms with Crippen molar-refractivity contribution in [1.82, 2.24) is 0 Å². The maximum absolute atomic E-state index is 11.8. The Bertz CT molecular complexity index is 931. The van der Waals surface area contributed by atoms with Gasteiger partial charge in [0.15, 0.2) is 0 Å². The Morgan fingerprint density at radius 3 is 2.13 bits per heavy atom. The fourth-order valence-corrected chi connectivity index (χ4v) is 3.16. The maximum Gasteiger partial charge on any atom is 0.306 e. The normalized spacial score (nSPS) is 12.6. The van der Waals surface area contributed by atoms with Gasteiger partial charge in [0.05, 0.1) is 25.9 Å². The van der Waals surface area contributed by atoms with E-state index in [1.807, 2.05) is 67.6 Å². The van der Waals surface area contributed by atoms with E-state index in [0.29, 0.717) is 19.6 Å². The van der Waals surface area contributed by atoms with E-state index in [9.17, 15) is 13.2 Å². The Kier molecular flexibility index (Phi) is 9.08. The van der Waals surface area contributed by atoms with Crippen LogP contribution in [0.25, 0.3) is 0 Å². The summed E-state index contributed by atoms with van der Waals surface area (Å²) in [5, 5.41) is 0. The number of hydrogen-bond donors (Lipinski definition) is 0. The van der Waals surface area contributed by atoms with Gasteiger partial charge in [-0.25, -0.2) is 0 Å². The molecule has 0 saturated heterocycles. The molecule has 7 heteroatoms. The second kappa shape index (κ2) is 11.5. The zero-order valence-electron chi connectivity index (χ0n) is 17.5. The van der Waals surface area contributed by atoms with Crippen LogP contribution in [-0.4, -0.2) is 27.2 Å². The molecule has 2 aromatic carbocycles. The summed E-state index contributed by atoms with van der Waals surface area (Å²) in [6.45, 7) is 4.49. The van der Waals surface area contributed by atoms with Crippen LogP contribution in [0, 0.1) is 0 Å². The summed E-state index contributed by atoms with van der Waals surface area (Å²) in [7, 11) is -3.46. The van der Waals surface area contributed by atoms with Crippen molar-refractivity contribution in [2.75, 3.05) is 12.9 Å². The van der Waals surface area contributed by atoms with Gasteiger partial charge in [0, 0.05) is 5.92 Å². The molecule has 0 heterocycles. The number of allylic oxidation sites excluding steroid dienone is 2. The Morgan fingerprint density at radius 2 is 1.60 bits per heavy atom. The molecular weight excluding hydrogens is 404 g/mol. The van der Waals surface area contributed by atoms with E-state index < -0.39 is 10.1 Å². The molecule has 0 bridgehead atoms. The third kappa shape index (κ3) is 8.39. The highest BCUT2D eigenvalue weighted by atomic mass is 32.2. The molecule has 0 saturated carbocycles. The molecule has 0 radical (unpaired) electrons. The van der Waals surface area contributed by atoms with Crippen molar-refractivity contribution in [3.8, 4) is 5.75 Å². The number of carbonyl (C=O) groups is 1. The van der Waals surface area contributed by atoms with Crippen LogP contribution in [0.4, 0.5) is 0 Å². The van der Waals surface area contributed by atoms with Crippen molar-refractivity contribution in [1.29, 1.82) is 0 Å². The van der Waals surface area contributed by atoms with Crippen molar-refractivity contribution in [2.45, 2.75) is 39.4 Å². The summed E-state index contributed by atoms with van der Waals surface area (Å²) in [5.74, 6) is 0.467. The first-order valence-corrected chi connectivity index (χ1v) is 11.6. The smallest absolute Gasteiger partial charge is 0.306 e. The number of benzene rings is 2. The van der Waals surface area contributed by atoms with Crippen LogP contribution >= 0.6 is 0 Å². The van der Waals surface area contributed by atoms with Gasteiger partial charge in [0.2, 0.25) is 0 Å². The first-order chi connectivity index (χ1) is 14.3. The molecule has 0 aliphatic rings. The maximum atomic E-state index is 11.8. The summed E-state index contributed by atoms with van der Waals surface area (Å²) in [6, 6.07) is 15.0. The fraction of sp³-hybridized carbons (Fsp3) is 0.348. The summed E-state index contributed by atoms with van der Waals surface area (Å²) in [6.07, 6.45) is 5.24. The minimum Gasteiger partial charge on any atom is -0.489 e. The minimum atomic E-state index is -3.46. The van der Waals surface area contributed by atoms with Gasteiger partial charge in [-0.1, -0.05) is 48.6 Å². The number of carbonyl (C=O) groups excluding carboxylic acids is 1. The van der Waals surface area contributed by atoms with Gasteiger partial charge in [-0.05, 0) is 42.7 Å². The summed E-state index contributed by atoms with van der Waals surface area (Å²) < 4.78 is 37.7. The molecule has 0 unspecified atom stereocenters. The van der Waals surface area contributed by atoms with Gasteiger partial charge in [-0.3, -0.25) is 8.98 Å². The Hall–Kier alpha value is -2.64. The van der Waals surface area contributed by atoms with Crippen LogP contribution in [0.3, 0.4) is 0 Å². The van der Waals surface area contributed by atoms with Gasteiger partial charge in [-0.15, -0.1) is 0 Å². The first kappa shape index (κ1) is 23.6. The first-order valence-electron chi connectivity index (χ1n) is 9.74. The highest BCUT2D eigenvalue weighted by Gasteiger charge is 2.14. The van der Waals surface area contributed by atoms with E-state index in [1.54, 1.807) is 6.92 Å². The summed E-state index contributed by atoms with van der Waals surface area (Å²) >= 11 is 0. The predicted molar refractivity (Wildman–Crippen MR) is 116 cm³/mol. The number of rotatable bonds is 11. The zero-order chi connectivity index (χ0) is 22.0. The zero-order valence-corrected chi connectivity index (χ0v) is 18.4. The third-order valence-corrected chi connectivity index (χ3v) is 4.84. The van der Waals surface area contributed by atoms with Crippen LogP contribution in [0.1, 0.15) is 42.9 Å². The summed E-state index contributed by atoms with van der Waals surface area (Å²) in [5.41, 5.74) is 2.74. The van der Waals surface area contributed by atoms with Crippen molar-refractivity contribution >= 4 is 16.1 Å². The van der Waals surface area contributed by atoms with Crippen LogP contribution in [0.15, 0.2) is 60.7 Å². The molecule has 0 aliphatic carbocycles. The van der Waals surface area contributed by atoms with E-state index in [1.165, 1.54) is 0 Å². The lowest BCUT2D eigenvalue weighted by Gasteiger charge is -2.14. The van der Waals surface area contributed by atoms with Crippen LogP contribution in [0.5, 0.6) is 5.75 Å². The van der Waals surface area contributed by atoms with Gasteiger partial charge in [-0.2, -0.15) is 8.42 Å². The monoisotopic (exact) mass is 432 g/mol. The van der Waals surface area contributed by atoms with Crippen molar-refractivity contribution in [3.63, 3.8) is 0 Å². The average molecular weight is 433 g/mol. The van der Waals surface area contributed by atoms with Gasteiger partial charge < -0.3 is 9.47 Å². The van der Waals surface area contributed by atoms with Crippen molar-refractivity contribution < 1.29 is 26.9 Å². The molecule has 2 rings (SSSR count). The Labute approximate surface area is 178 Å². The Morgan fingerprint density at radius 1 is 1.00 bits per heavy atom. The molecule has 30 heavy (non-hydrogen) atoms. The van der Waals surface area contributed by atoms with Crippen LogP contribution in [-0.2, 0) is 37.0 Å². The third-order valence-electron chi connectivity index (χ3n) is 4.29. The molecule has 0 amide bonds. The lowest BCUT2D eigenvalue weighted by atomic mass is 9.95. The van der Waals surface area contributed by atoms with E-state index in [0.717, 1.165) is 28.7 Å². The SMILES string of the molecule is CC=C[C@H](CC(=O)OCC)c1ccc(OCc2ccc(COS(C)(=O)=O)cc2)cc1. The lowest BCUT2D eigenvalue weighted by Crippen LogP contribution is -2.09. The second-order valence-corrected chi connectivity index (χ2v) is 8.43. The van der Waals surface area contributed by atoms with E-state index >= 15 is 0 Å². The molecule has 6 nitrogen and oxygen atoms in total. The molecule has 2 aromatic rings. The largest absolute Gasteiger partial charge is 0.489 e. The highest BCUT2D eigenvalue weighted by molar-refractivity contribution is 7.85.